The van der Waals surface area contributed by atoms with Crippen LogP contribution in [-0.4, -0.2) is 20.5 Å². The molecule has 0 atom stereocenters. The fraction of sp³-hybridized carbons (Fsp3) is 0. The molecule has 5 nitrogen and oxygen atoms in total. The third kappa shape index (κ3) is 3.57. The predicted molar refractivity (Wildman–Crippen MR) is 112 cm³/mol. The van der Waals surface area contributed by atoms with Gasteiger partial charge in [-0.2, -0.15) is 0 Å². The zero-order valence-corrected chi connectivity index (χ0v) is 16.2. The number of halogens is 2. The summed E-state index contributed by atoms with van der Waals surface area (Å²) in [7, 11) is 0. The van der Waals surface area contributed by atoms with E-state index in [2.05, 4.69) is 4.98 Å². The molecule has 29 heavy (non-hydrogen) atoms. The zero-order chi connectivity index (χ0) is 20.5. The standard InChI is InChI=1S/C21H12ClFN2O3S/c22-16-15(11-8-12-6-9-14(23)10-7-12)24-21-25(19(16)26)17(18(29-21)20(27)28)13-4-2-1-3-5-13/h1-11H,(H,27,28)/b11-8+. The van der Waals surface area contributed by atoms with Crippen LogP contribution >= 0.6 is 22.9 Å². The second kappa shape index (κ2) is 7.62. The first kappa shape index (κ1) is 19.0. The molecule has 0 amide bonds. The molecule has 0 saturated carbocycles. The maximum absolute atomic E-state index is 13.0. The van der Waals surface area contributed by atoms with Crippen LogP contribution in [0.25, 0.3) is 28.4 Å². The van der Waals surface area contributed by atoms with Gasteiger partial charge in [0.1, 0.15) is 15.7 Å². The Hall–Kier alpha value is -3.29. The van der Waals surface area contributed by atoms with Gasteiger partial charge in [0, 0.05) is 5.56 Å². The highest BCUT2D eigenvalue weighted by Crippen LogP contribution is 2.31. The van der Waals surface area contributed by atoms with Crippen molar-refractivity contribution in [3.05, 3.63) is 91.9 Å². The number of carboxylic acid groups (broad SMARTS) is 1. The molecule has 144 valence electrons. The molecule has 8 heteroatoms. The number of aromatic carboxylic acids is 1. The van der Waals surface area contributed by atoms with Crippen LogP contribution in [-0.2, 0) is 0 Å². The van der Waals surface area contributed by atoms with Gasteiger partial charge in [0.2, 0.25) is 0 Å². The van der Waals surface area contributed by atoms with Crippen molar-refractivity contribution in [2.75, 3.05) is 0 Å². The van der Waals surface area contributed by atoms with E-state index in [9.17, 15) is 19.1 Å². The van der Waals surface area contributed by atoms with Crippen LogP contribution in [0, 0.1) is 5.82 Å². The Morgan fingerprint density at radius 3 is 2.45 bits per heavy atom. The number of hydrogen-bond donors (Lipinski definition) is 1. The summed E-state index contributed by atoms with van der Waals surface area (Å²) in [6.07, 6.45) is 3.19. The molecular weight excluding hydrogens is 415 g/mol. The van der Waals surface area contributed by atoms with Crippen molar-refractivity contribution >= 4 is 46.0 Å². The smallest absolute Gasteiger partial charge is 0.348 e. The van der Waals surface area contributed by atoms with Crippen molar-refractivity contribution in [1.29, 1.82) is 0 Å². The summed E-state index contributed by atoms with van der Waals surface area (Å²) < 4.78 is 14.3. The Labute approximate surface area is 173 Å². The van der Waals surface area contributed by atoms with Crippen molar-refractivity contribution in [2.24, 2.45) is 0 Å². The first-order valence-electron chi connectivity index (χ1n) is 8.43. The van der Waals surface area contributed by atoms with Gasteiger partial charge in [-0.1, -0.05) is 71.5 Å². The van der Waals surface area contributed by atoms with Gasteiger partial charge in [0.05, 0.1) is 11.4 Å². The lowest BCUT2D eigenvalue weighted by Gasteiger charge is -2.05. The first-order chi connectivity index (χ1) is 14.0. The monoisotopic (exact) mass is 426 g/mol. The number of rotatable bonds is 4. The van der Waals surface area contributed by atoms with Gasteiger partial charge in [-0.15, -0.1) is 0 Å². The molecule has 0 aliphatic carbocycles. The molecule has 0 fully saturated rings. The molecule has 0 bridgehead atoms. The topological polar surface area (TPSA) is 71.7 Å². The number of carbonyl (C=O) groups is 1. The summed E-state index contributed by atoms with van der Waals surface area (Å²) in [5.74, 6) is -1.51. The van der Waals surface area contributed by atoms with Crippen LogP contribution in [0.4, 0.5) is 4.39 Å². The number of hydrogen-bond acceptors (Lipinski definition) is 4. The SMILES string of the molecule is O=C(O)c1sc2nc(/C=C/c3ccc(F)cc3)c(Cl)c(=O)n2c1-c1ccccc1. The Kier molecular flexibility index (Phi) is 5.00. The third-order valence-electron chi connectivity index (χ3n) is 4.20. The molecule has 0 aliphatic heterocycles. The van der Waals surface area contributed by atoms with Crippen LogP contribution in [0.15, 0.2) is 59.4 Å². The summed E-state index contributed by atoms with van der Waals surface area (Å²) in [5.41, 5.74) is 1.17. The summed E-state index contributed by atoms with van der Waals surface area (Å²) in [4.78, 5) is 29.3. The molecule has 0 saturated heterocycles. The molecule has 4 rings (SSSR count). The summed E-state index contributed by atoms with van der Waals surface area (Å²) in [6, 6.07) is 14.5. The highest BCUT2D eigenvalue weighted by molar-refractivity contribution is 7.19. The van der Waals surface area contributed by atoms with Crippen LogP contribution in [0.1, 0.15) is 20.9 Å². The minimum Gasteiger partial charge on any atom is -0.477 e. The first-order valence-corrected chi connectivity index (χ1v) is 9.62. The van der Waals surface area contributed by atoms with E-state index in [0.29, 0.717) is 11.1 Å². The second-order valence-corrected chi connectivity index (χ2v) is 7.43. The highest BCUT2D eigenvalue weighted by Gasteiger charge is 2.23. The quantitative estimate of drug-likeness (QED) is 0.493. The number of nitrogens with zero attached hydrogens (tertiary/aromatic N) is 2. The molecule has 1 N–H and O–H groups in total. The Morgan fingerprint density at radius 2 is 1.79 bits per heavy atom. The van der Waals surface area contributed by atoms with Gasteiger partial charge in [-0.3, -0.25) is 4.79 Å². The Morgan fingerprint density at radius 1 is 1.10 bits per heavy atom. The number of aromatic nitrogens is 2. The molecule has 2 heterocycles. The van der Waals surface area contributed by atoms with Gasteiger partial charge in [0.25, 0.3) is 5.56 Å². The number of fused-ring (bicyclic) bond motifs is 1. The third-order valence-corrected chi connectivity index (χ3v) is 5.58. The lowest BCUT2D eigenvalue weighted by Crippen LogP contribution is -2.17. The van der Waals surface area contributed by atoms with Crippen molar-refractivity contribution in [1.82, 2.24) is 9.38 Å². The molecule has 2 aromatic heterocycles. The van der Waals surface area contributed by atoms with Gasteiger partial charge < -0.3 is 5.11 Å². The fourth-order valence-electron chi connectivity index (χ4n) is 2.86. The van der Waals surface area contributed by atoms with Crippen molar-refractivity contribution in [3.8, 4) is 11.3 Å². The number of carboxylic acids is 1. The van der Waals surface area contributed by atoms with E-state index in [-0.39, 0.29) is 32.1 Å². The van der Waals surface area contributed by atoms with E-state index in [1.807, 2.05) is 0 Å². The van der Waals surface area contributed by atoms with Gasteiger partial charge in [-0.05, 0) is 23.8 Å². The van der Waals surface area contributed by atoms with E-state index in [1.165, 1.54) is 16.5 Å². The second-order valence-electron chi connectivity index (χ2n) is 6.07. The molecule has 0 spiro atoms. The van der Waals surface area contributed by atoms with E-state index >= 15 is 0 Å². The minimum absolute atomic E-state index is 0.00321. The number of benzene rings is 2. The molecular formula is C21H12ClFN2O3S. The van der Waals surface area contributed by atoms with Crippen LogP contribution in [0.2, 0.25) is 5.02 Å². The lowest BCUT2D eigenvalue weighted by atomic mass is 10.1. The van der Waals surface area contributed by atoms with Gasteiger partial charge in [0.15, 0.2) is 4.96 Å². The normalized spacial score (nSPS) is 11.4. The molecule has 2 aromatic carbocycles. The van der Waals surface area contributed by atoms with Gasteiger partial charge >= 0.3 is 5.97 Å². The fourth-order valence-corrected chi connectivity index (χ4v) is 4.04. The average molecular weight is 427 g/mol. The summed E-state index contributed by atoms with van der Waals surface area (Å²) in [6.45, 7) is 0. The molecule has 0 radical (unpaired) electrons. The van der Waals surface area contributed by atoms with Crippen molar-refractivity contribution in [3.63, 3.8) is 0 Å². The average Bonchev–Trinajstić information content (AvgIpc) is 3.11. The largest absolute Gasteiger partial charge is 0.477 e. The van der Waals surface area contributed by atoms with Gasteiger partial charge in [-0.25, -0.2) is 18.6 Å². The maximum Gasteiger partial charge on any atom is 0.348 e. The summed E-state index contributed by atoms with van der Waals surface area (Å²) in [5, 5.41) is 9.49. The molecule has 4 aromatic rings. The maximum atomic E-state index is 13.0. The van der Waals surface area contributed by atoms with E-state index < -0.39 is 11.5 Å². The highest BCUT2D eigenvalue weighted by atomic mass is 35.5. The van der Waals surface area contributed by atoms with Crippen molar-refractivity contribution < 1.29 is 14.3 Å². The van der Waals surface area contributed by atoms with E-state index in [0.717, 1.165) is 11.3 Å². The van der Waals surface area contributed by atoms with E-state index in [4.69, 9.17) is 11.6 Å². The zero-order valence-electron chi connectivity index (χ0n) is 14.7. The van der Waals surface area contributed by atoms with Crippen LogP contribution in [0.3, 0.4) is 0 Å². The Balaban J connectivity index is 1.91. The summed E-state index contributed by atoms with van der Waals surface area (Å²) >= 11 is 7.16. The van der Waals surface area contributed by atoms with Crippen molar-refractivity contribution in [2.45, 2.75) is 0 Å². The number of thiazole rings is 1. The van der Waals surface area contributed by atoms with Crippen LogP contribution in [0.5, 0.6) is 0 Å². The van der Waals surface area contributed by atoms with E-state index in [1.54, 1.807) is 54.6 Å². The lowest BCUT2D eigenvalue weighted by molar-refractivity contribution is 0.0702. The molecule has 0 unspecified atom stereocenters. The van der Waals surface area contributed by atoms with Crippen LogP contribution < -0.4 is 5.56 Å². The predicted octanol–water partition coefficient (Wildman–Crippen LogP) is 5.08. The molecule has 0 aliphatic rings. The minimum atomic E-state index is -1.15. The Bertz CT molecular complexity index is 1310.